The van der Waals surface area contributed by atoms with Crippen LogP contribution in [0.5, 0.6) is 0 Å². The summed E-state index contributed by atoms with van der Waals surface area (Å²) in [5.41, 5.74) is 1.84. The molecule has 3 rings (SSSR count). The molecule has 0 spiro atoms. The van der Waals surface area contributed by atoms with Crippen molar-refractivity contribution in [3.63, 3.8) is 0 Å². The highest BCUT2D eigenvalue weighted by Gasteiger charge is 2.18. The van der Waals surface area contributed by atoms with Gasteiger partial charge >= 0.3 is 0 Å². The van der Waals surface area contributed by atoms with E-state index in [1.165, 1.54) is 10.8 Å². The van der Waals surface area contributed by atoms with E-state index in [2.05, 4.69) is 30.3 Å². The Morgan fingerprint density at radius 1 is 0.960 bits per heavy atom. The summed E-state index contributed by atoms with van der Waals surface area (Å²) in [6.45, 7) is 0.678. The maximum absolute atomic E-state index is 12.6. The molecule has 0 saturated carbocycles. The molecule has 0 radical (unpaired) electrons. The zero-order valence-electron chi connectivity index (χ0n) is 14.4. The number of aliphatic hydroxyl groups excluding tert-OH is 1. The Kier molecular flexibility index (Phi) is 5.46. The second-order valence-corrected chi connectivity index (χ2v) is 6.37. The smallest absolute Gasteiger partial charge is 0.253 e. The van der Waals surface area contributed by atoms with Crippen LogP contribution in [-0.2, 0) is 0 Å². The van der Waals surface area contributed by atoms with Gasteiger partial charge in [0.05, 0.1) is 0 Å². The summed E-state index contributed by atoms with van der Waals surface area (Å²) in [6, 6.07) is 23.9. The maximum atomic E-state index is 12.6. The highest BCUT2D eigenvalue weighted by molar-refractivity contribution is 5.94. The molecular weight excluding hydrogens is 310 g/mol. The molecule has 0 aliphatic heterocycles. The number of fused-ring (bicyclic) bond motifs is 1. The fourth-order valence-electron chi connectivity index (χ4n) is 3.20. The summed E-state index contributed by atoms with van der Waals surface area (Å²) in [5, 5.41) is 11.9. The third-order valence-electron chi connectivity index (χ3n) is 4.58. The van der Waals surface area contributed by atoms with E-state index in [0.29, 0.717) is 18.5 Å². The van der Waals surface area contributed by atoms with E-state index in [0.717, 1.165) is 5.56 Å². The second-order valence-electron chi connectivity index (χ2n) is 6.37. The van der Waals surface area contributed by atoms with Crippen molar-refractivity contribution < 1.29 is 9.90 Å². The third kappa shape index (κ3) is 4.06. The van der Waals surface area contributed by atoms with E-state index in [1.54, 1.807) is 4.90 Å². The Morgan fingerprint density at radius 2 is 1.64 bits per heavy atom. The number of benzene rings is 3. The Hall–Kier alpha value is -2.65. The molecule has 0 saturated heterocycles. The summed E-state index contributed by atoms with van der Waals surface area (Å²) >= 11 is 0. The van der Waals surface area contributed by atoms with Gasteiger partial charge in [-0.3, -0.25) is 4.79 Å². The van der Waals surface area contributed by atoms with Gasteiger partial charge in [0.2, 0.25) is 0 Å². The van der Waals surface area contributed by atoms with Crippen LogP contribution in [0.15, 0.2) is 72.8 Å². The minimum Gasteiger partial charge on any atom is -0.396 e. The van der Waals surface area contributed by atoms with E-state index in [4.69, 9.17) is 0 Å². The topological polar surface area (TPSA) is 40.5 Å². The molecule has 0 bridgehead atoms. The predicted molar refractivity (Wildman–Crippen MR) is 102 cm³/mol. The van der Waals surface area contributed by atoms with Crippen molar-refractivity contribution in [2.75, 3.05) is 20.2 Å². The first-order valence-electron chi connectivity index (χ1n) is 8.59. The van der Waals surface area contributed by atoms with E-state index in [-0.39, 0.29) is 18.4 Å². The van der Waals surface area contributed by atoms with Gasteiger partial charge in [-0.15, -0.1) is 0 Å². The van der Waals surface area contributed by atoms with Crippen molar-refractivity contribution in [3.8, 4) is 0 Å². The number of rotatable bonds is 6. The van der Waals surface area contributed by atoms with Crippen LogP contribution in [0.25, 0.3) is 10.8 Å². The Morgan fingerprint density at radius 3 is 2.36 bits per heavy atom. The van der Waals surface area contributed by atoms with Crippen molar-refractivity contribution in [1.82, 2.24) is 4.90 Å². The number of amides is 1. The minimum absolute atomic E-state index is 0.00401. The highest BCUT2D eigenvalue weighted by atomic mass is 16.3. The molecule has 128 valence electrons. The molecule has 0 aliphatic carbocycles. The molecule has 1 unspecified atom stereocenters. The highest BCUT2D eigenvalue weighted by Crippen LogP contribution is 2.25. The standard InChI is InChI=1S/C22H23NO2/c1-23(22(25)18-8-3-2-4-9-18)16-21(13-14-24)20-12-11-17-7-5-6-10-19(17)15-20/h2-12,15,21,24H,13-14,16H2,1H3. The van der Waals surface area contributed by atoms with Gasteiger partial charge < -0.3 is 10.0 Å². The predicted octanol–water partition coefficient (Wildman–Crippen LogP) is 4.08. The number of nitrogens with zero attached hydrogens (tertiary/aromatic N) is 1. The van der Waals surface area contributed by atoms with Gasteiger partial charge in [0, 0.05) is 31.7 Å². The number of likely N-dealkylation sites (N-methyl/N-ethyl adjacent to an activating group) is 1. The number of hydrogen-bond donors (Lipinski definition) is 1. The van der Waals surface area contributed by atoms with Crippen LogP contribution in [0.4, 0.5) is 0 Å². The van der Waals surface area contributed by atoms with Gasteiger partial charge in [-0.05, 0) is 34.9 Å². The van der Waals surface area contributed by atoms with Crippen LogP contribution < -0.4 is 0 Å². The molecule has 25 heavy (non-hydrogen) atoms. The van der Waals surface area contributed by atoms with E-state index < -0.39 is 0 Å². The molecule has 3 heteroatoms. The summed E-state index contributed by atoms with van der Waals surface area (Å²) in [7, 11) is 1.82. The minimum atomic E-state index is 0.00401. The molecule has 3 aromatic carbocycles. The Balaban J connectivity index is 1.81. The van der Waals surface area contributed by atoms with E-state index in [1.807, 2.05) is 49.5 Å². The third-order valence-corrected chi connectivity index (χ3v) is 4.58. The van der Waals surface area contributed by atoms with Gasteiger partial charge in [0.25, 0.3) is 5.91 Å². The average Bonchev–Trinajstić information content (AvgIpc) is 2.67. The van der Waals surface area contributed by atoms with Gasteiger partial charge in [0.1, 0.15) is 0 Å². The summed E-state index contributed by atoms with van der Waals surface area (Å²) in [5.74, 6) is 0.108. The normalized spacial score (nSPS) is 12.1. The van der Waals surface area contributed by atoms with Crippen molar-refractivity contribution in [2.45, 2.75) is 12.3 Å². The van der Waals surface area contributed by atoms with Gasteiger partial charge in [0.15, 0.2) is 0 Å². The fourth-order valence-corrected chi connectivity index (χ4v) is 3.20. The lowest BCUT2D eigenvalue weighted by Gasteiger charge is -2.24. The second kappa shape index (κ2) is 7.95. The zero-order chi connectivity index (χ0) is 17.6. The van der Waals surface area contributed by atoms with Crippen LogP contribution in [0.1, 0.15) is 28.3 Å². The molecule has 1 N–H and O–H groups in total. The lowest BCUT2D eigenvalue weighted by Crippen LogP contribution is -2.31. The zero-order valence-corrected chi connectivity index (χ0v) is 14.4. The first kappa shape index (κ1) is 17.2. The Labute approximate surface area is 148 Å². The molecule has 1 atom stereocenters. The van der Waals surface area contributed by atoms with Crippen LogP contribution >= 0.6 is 0 Å². The quantitative estimate of drug-likeness (QED) is 0.738. The molecule has 0 fully saturated rings. The van der Waals surface area contributed by atoms with E-state index in [9.17, 15) is 9.90 Å². The monoisotopic (exact) mass is 333 g/mol. The van der Waals surface area contributed by atoms with Crippen molar-refractivity contribution >= 4 is 16.7 Å². The molecule has 0 aromatic heterocycles. The first-order chi connectivity index (χ1) is 12.2. The van der Waals surface area contributed by atoms with Gasteiger partial charge in [-0.2, -0.15) is 0 Å². The molecule has 0 aliphatic rings. The number of hydrogen-bond acceptors (Lipinski definition) is 2. The first-order valence-corrected chi connectivity index (χ1v) is 8.59. The van der Waals surface area contributed by atoms with Crippen LogP contribution in [0.3, 0.4) is 0 Å². The Bertz CT molecular complexity index is 845. The van der Waals surface area contributed by atoms with Crippen molar-refractivity contribution in [1.29, 1.82) is 0 Å². The lowest BCUT2D eigenvalue weighted by molar-refractivity contribution is 0.0781. The van der Waals surface area contributed by atoms with Crippen LogP contribution in [0, 0.1) is 0 Å². The molecule has 0 heterocycles. The van der Waals surface area contributed by atoms with Crippen molar-refractivity contribution in [3.05, 3.63) is 83.9 Å². The summed E-state index contributed by atoms with van der Waals surface area (Å²) in [4.78, 5) is 14.3. The summed E-state index contributed by atoms with van der Waals surface area (Å²) in [6.07, 6.45) is 0.630. The fraction of sp³-hybridized carbons (Fsp3) is 0.227. The number of carbonyl (C=O) groups excluding carboxylic acids is 1. The van der Waals surface area contributed by atoms with E-state index >= 15 is 0 Å². The average molecular weight is 333 g/mol. The van der Waals surface area contributed by atoms with Crippen LogP contribution in [-0.4, -0.2) is 36.1 Å². The number of carbonyl (C=O) groups is 1. The van der Waals surface area contributed by atoms with Crippen molar-refractivity contribution in [2.24, 2.45) is 0 Å². The largest absolute Gasteiger partial charge is 0.396 e. The summed E-state index contributed by atoms with van der Waals surface area (Å²) < 4.78 is 0. The SMILES string of the molecule is CN(CC(CCO)c1ccc2ccccc2c1)C(=O)c1ccccc1. The maximum Gasteiger partial charge on any atom is 0.253 e. The molecule has 3 nitrogen and oxygen atoms in total. The molecule has 3 aromatic rings. The molecular formula is C22H23NO2. The van der Waals surface area contributed by atoms with Gasteiger partial charge in [-0.1, -0.05) is 60.7 Å². The van der Waals surface area contributed by atoms with Crippen LogP contribution in [0.2, 0.25) is 0 Å². The lowest BCUT2D eigenvalue weighted by atomic mass is 9.93. The van der Waals surface area contributed by atoms with Gasteiger partial charge in [-0.25, -0.2) is 0 Å². The number of aliphatic hydroxyl groups is 1. The molecule has 1 amide bonds.